The predicted molar refractivity (Wildman–Crippen MR) is 133 cm³/mol. The highest BCUT2D eigenvalue weighted by Gasteiger charge is 2.15. The molecule has 0 aliphatic rings. The summed E-state index contributed by atoms with van der Waals surface area (Å²) in [6.45, 7) is 0.470. The van der Waals surface area contributed by atoms with Crippen molar-refractivity contribution in [3.05, 3.63) is 92.0 Å². The number of anilines is 1. The van der Waals surface area contributed by atoms with Crippen molar-refractivity contribution >= 4 is 67.4 Å². The number of nitrogens with one attached hydrogen (secondary N) is 2. The SMILES string of the molecule is O=C(NC(=S)Nc1ccc(I)cc1)c1cc(Br)ccc1OCCc1ccccc1. The molecule has 0 atom stereocenters. The van der Waals surface area contributed by atoms with Gasteiger partial charge in [0.2, 0.25) is 0 Å². The molecule has 7 heteroatoms. The van der Waals surface area contributed by atoms with E-state index in [1.165, 1.54) is 5.56 Å². The second kappa shape index (κ2) is 10.7. The largest absolute Gasteiger partial charge is 0.492 e. The lowest BCUT2D eigenvalue weighted by molar-refractivity contribution is 0.0973. The normalized spacial score (nSPS) is 10.3. The van der Waals surface area contributed by atoms with Gasteiger partial charge in [-0.2, -0.15) is 0 Å². The molecule has 0 aliphatic heterocycles. The van der Waals surface area contributed by atoms with Gasteiger partial charge in [0.05, 0.1) is 12.2 Å². The lowest BCUT2D eigenvalue weighted by atomic mass is 10.1. The molecule has 3 aromatic carbocycles. The van der Waals surface area contributed by atoms with Crippen LogP contribution in [0.25, 0.3) is 0 Å². The highest BCUT2D eigenvalue weighted by molar-refractivity contribution is 14.1. The number of ether oxygens (including phenoxy) is 1. The summed E-state index contributed by atoms with van der Waals surface area (Å²) in [7, 11) is 0. The number of carbonyl (C=O) groups is 1. The van der Waals surface area contributed by atoms with Gasteiger partial charge >= 0.3 is 0 Å². The van der Waals surface area contributed by atoms with Gasteiger partial charge in [-0.3, -0.25) is 10.1 Å². The van der Waals surface area contributed by atoms with Gasteiger partial charge in [0.25, 0.3) is 5.91 Å². The number of carbonyl (C=O) groups excluding carboxylic acids is 1. The van der Waals surface area contributed by atoms with Crippen molar-refractivity contribution in [2.75, 3.05) is 11.9 Å². The number of amides is 1. The minimum absolute atomic E-state index is 0.228. The molecule has 0 aromatic heterocycles. The van der Waals surface area contributed by atoms with Gasteiger partial charge < -0.3 is 10.1 Å². The fraction of sp³-hybridized carbons (Fsp3) is 0.0909. The minimum Gasteiger partial charge on any atom is -0.492 e. The summed E-state index contributed by atoms with van der Waals surface area (Å²) < 4.78 is 7.79. The average Bonchev–Trinajstić information content (AvgIpc) is 2.71. The van der Waals surface area contributed by atoms with E-state index in [1.807, 2.05) is 60.7 Å². The van der Waals surface area contributed by atoms with Gasteiger partial charge in [0.1, 0.15) is 5.75 Å². The predicted octanol–water partition coefficient (Wildman–Crippen LogP) is 5.80. The van der Waals surface area contributed by atoms with E-state index in [9.17, 15) is 4.79 Å². The van der Waals surface area contributed by atoms with E-state index in [0.29, 0.717) is 17.9 Å². The Morgan fingerprint density at radius 3 is 2.48 bits per heavy atom. The van der Waals surface area contributed by atoms with Crippen molar-refractivity contribution in [1.82, 2.24) is 5.32 Å². The molecule has 0 fully saturated rings. The maximum Gasteiger partial charge on any atom is 0.261 e. The second-order valence-corrected chi connectivity index (χ2v) is 8.71. The quantitative estimate of drug-likeness (QED) is 0.286. The zero-order chi connectivity index (χ0) is 20.6. The summed E-state index contributed by atoms with van der Waals surface area (Å²) in [6, 6.07) is 23.1. The van der Waals surface area contributed by atoms with Crippen molar-refractivity contribution < 1.29 is 9.53 Å². The molecule has 3 rings (SSSR count). The molecule has 0 heterocycles. The molecule has 29 heavy (non-hydrogen) atoms. The summed E-state index contributed by atoms with van der Waals surface area (Å²) >= 11 is 10.9. The smallest absolute Gasteiger partial charge is 0.261 e. The maximum atomic E-state index is 12.8. The molecule has 3 aromatic rings. The first kappa shape index (κ1) is 21.7. The average molecular weight is 581 g/mol. The van der Waals surface area contributed by atoms with Crippen molar-refractivity contribution in [2.45, 2.75) is 6.42 Å². The van der Waals surface area contributed by atoms with E-state index in [4.69, 9.17) is 17.0 Å². The molecule has 0 radical (unpaired) electrons. The topological polar surface area (TPSA) is 50.4 Å². The molecule has 0 bridgehead atoms. The van der Waals surface area contributed by atoms with E-state index in [0.717, 1.165) is 20.2 Å². The first-order valence-corrected chi connectivity index (χ1v) is 11.1. The maximum absolute atomic E-state index is 12.8. The molecular weight excluding hydrogens is 563 g/mol. The van der Waals surface area contributed by atoms with Crippen LogP contribution in [0.1, 0.15) is 15.9 Å². The van der Waals surface area contributed by atoms with Crippen LogP contribution in [0.3, 0.4) is 0 Å². The van der Waals surface area contributed by atoms with Crippen LogP contribution in [-0.4, -0.2) is 17.6 Å². The molecule has 148 valence electrons. The van der Waals surface area contributed by atoms with Crippen molar-refractivity contribution in [1.29, 1.82) is 0 Å². The Balaban J connectivity index is 1.63. The Morgan fingerprint density at radius 2 is 1.76 bits per heavy atom. The molecule has 2 N–H and O–H groups in total. The summed E-state index contributed by atoms with van der Waals surface area (Å²) in [5, 5.41) is 5.95. The van der Waals surface area contributed by atoms with Gasteiger partial charge in [-0.25, -0.2) is 0 Å². The van der Waals surface area contributed by atoms with Crippen LogP contribution in [-0.2, 0) is 6.42 Å². The first-order chi connectivity index (χ1) is 14.0. The molecule has 0 spiro atoms. The highest BCUT2D eigenvalue weighted by atomic mass is 127. The van der Waals surface area contributed by atoms with Crippen LogP contribution in [0, 0.1) is 3.57 Å². The molecule has 0 saturated carbocycles. The number of hydrogen-bond acceptors (Lipinski definition) is 3. The Kier molecular flexibility index (Phi) is 8.02. The van der Waals surface area contributed by atoms with Crippen molar-refractivity contribution in [3.63, 3.8) is 0 Å². The van der Waals surface area contributed by atoms with Crippen LogP contribution >= 0.6 is 50.7 Å². The Bertz CT molecular complexity index is 997. The second-order valence-electron chi connectivity index (χ2n) is 6.14. The van der Waals surface area contributed by atoms with Gasteiger partial charge in [-0.15, -0.1) is 0 Å². The number of hydrogen-bond donors (Lipinski definition) is 2. The van der Waals surface area contributed by atoms with Crippen LogP contribution in [0.15, 0.2) is 77.3 Å². The van der Waals surface area contributed by atoms with Crippen LogP contribution in [0.4, 0.5) is 5.69 Å². The Labute approximate surface area is 197 Å². The van der Waals surface area contributed by atoms with E-state index < -0.39 is 0 Å². The van der Waals surface area contributed by atoms with E-state index >= 15 is 0 Å². The van der Waals surface area contributed by atoms with E-state index in [2.05, 4.69) is 49.2 Å². The third-order valence-electron chi connectivity index (χ3n) is 4.01. The molecule has 1 amide bonds. The summed E-state index contributed by atoms with van der Waals surface area (Å²) in [6.07, 6.45) is 0.755. The lowest BCUT2D eigenvalue weighted by Gasteiger charge is -2.14. The van der Waals surface area contributed by atoms with Crippen LogP contribution in [0.5, 0.6) is 5.75 Å². The molecule has 0 saturated heterocycles. The molecule has 4 nitrogen and oxygen atoms in total. The van der Waals surface area contributed by atoms with Gasteiger partial charge in [0.15, 0.2) is 5.11 Å². The number of rotatable bonds is 6. The Hall–Kier alpha value is -1.97. The van der Waals surface area contributed by atoms with Gasteiger partial charge in [-0.1, -0.05) is 46.3 Å². The zero-order valence-corrected chi connectivity index (χ0v) is 19.9. The zero-order valence-electron chi connectivity index (χ0n) is 15.3. The molecule has 0 aliphatic carbocycles. The third kappa shape index (κ3) is 6.80. The minimum atomic E-state index is -0.330. The number of halogens is 2. The highest BCUT2D eigenvalue weighted by Crippen LogP contribution is 2.23. The van der Waals surface area contributed by atoms with Gasteiger partial charge in [-0.05, 0) is 82.8 Å². The first-order valence-electron chi connectivity index (χ1n) is 8.85. The van der Waals surface area contributed by atoms with Crippen molar-refractivity contribution in [2.24, 2.45) is 0 Å². The fourth-order valence-corrected chi connectivity index (χ4v) is 3.53. The van der Waals surface area contributed by atoms with Gasteiger partial charge in [0, 0.05) is 20.2 Å². The Morgan fingerprint density at radius 1 is 1.03 bits per heavy atom. The van der Waals surface area contributed by atoms with Crippen LogP contribution < -0.4 is 15.4 Å². The monoisotopic (exact) mass is 580 g/mol. The summed E-state index contributed by atoms with van der Waals surface area (Å²) in [5.41, 5.74) is 2.40. The molecular formula is C22H18BrIN2O2S. The summed E-state index contributed by atoms with van der Waals surface area (Å²) in [4.78, 5) is 12.8. The fourth-order valence-electron chi connectivity index (χ4n) is 2.60. The lowest BCUT2D eigenvalue weighted by Crippen LogP contribution is -2.34. The number of benzene rings is 3. The van der Waals surface area contributed by atoms with E-state index in [1.54, 1.807) is 12.1 Å². The van der Waals surface area contributed by atoms with E-state index in [-0.39, 0.29) is 11.0 Å². The van der Waals surface area contributed by atoms with Crippen LogP contribution in [0.2, 0.25) is 0 Å². The third-order valence-corrected chi connectivity index (χ3v) is 5.42. The van der Waals surface area contributed by atoms with Crippen molar-refractivity contribution in [3.8, 4) is 5.75 Å². The number of thiocarbonyl (C=S) groups is 1. The standard InChI is InChI=1S/C22H18BrIN2O2S/c23-16-6-11-20(28-13-12-15-4-2-1-3-5-15)19(14-16)21(27)26-22(29)25-18-9-7-17(24)8-10-18/h1-11,14H,12-13H2,(H2,25,26,27,29). The summed E-state index contributed by atoms with van der Waals surface area (Å²) in [5.74, 6) is 0.183. The molecule has 0 unspecified atom stereocenters.